The second-order valence-corrected chi connectivity index (χ2v) is 8.87. The maximum absolute atomic E-state index is 13.0. The van der Waals surface area contributed by atoms with Crippen LogP contribution in [0.2, 0.25) is 0 Å². The highest BCUT2D eigenvalue weighted by atomic mass is 32.1. The van der Waals surface area contributed by atoms with E-state index in [1.54, 1.807) is 31.3 Å². The largest absolute Gasteiger partial charge is 0.452 e. The van der Waals surface area contributed by atoms with Crippen molar-refractivity contribution in [3.8, 4) is 0 Å². The van der Waals surface area contributed by atoms with Crippen LogP contribution in [-0.2, 0) is 20.9 Å². The molecule has 4 rings (SSSR count). The third-order valence-corrected chi connectivity index (χ3v) is 6.15. The summed E-state index contributed by atoms with van der Waals surface area (Å²) in [5.74, 6) is -2.49. The smallest absolute Gasteiger partial charge is 0.338 e. The number of hydrogen-bond donors (Lipinski definition) is 1. The molecule has 0 aliphatic carbocycles. The van der Waals surface area contributed by atoms with E-state index in [-0.39, 0.29) is 28.5 Å². The summed E-state index contributed by atoms with van der Waals surface area (Å²) in [7, 11) is 1.62. The maximum Gasteiger partial charge on any atom is 0.338 e. The molecular weight excluding hydrogens is 470 g/mol. The number of anilines is 2. The van der Waals surface area contributed by atoms with Crippen LogP contribution in [0.15, 0.2) is 60.0 Å². The highest BCUT2D eigenvalue weighted by molar-refractivity contribution is 7.09. The van der Waals surface area contributed by atoms with Crippen molar-refractivity contribution in [2.75, 3.05) is 23.9 Å². The maximum atomic E-state index is 13.0. The predicted octanol–water partition coefficient (Wildman–Crippen LogP) is 3.32. The molecule has 0 spiro atoms. The second-order valence-electron chi connectivity index (χ2n) is 7.84. The molecule has 3 aromatic rings. The van der Waals surface area contributed by atoms with Crippen molar-refractivity contribution in [3.05, 3.63) is 81.5 Å². The Labute approximate surface area is 204 Å². The molecule has 10 heteroatoms. The van der Waals surface area contributed by atoms with Gasteiger partial charge in [0, 0.05) is 24.5 Å². The summed E-state index contributed by atoms with van der Waals surface area (Å²) in [6, 6.07) is 14.1. The minimum atomic E-state index is -0.774. The Balaban J connectivity index is 1.43. The summed E-state index contributed by atoms with van der Waals surface area (Å²) in [6.07, 6.45) is 0. The number of fused-ring (bicyclic) bond motifs is 1. The van der Waals surface area contributed by atoms with Crippen LogP contribution in [0.1, 0.15) is 42.9 Å². The van der Waals surface area contributed by atoms with Crippen LogP contribution in [-0.4, -0.2) is 48.2 Å². The molecular formula is C25H21N3O6S. The van der Waals surface area contributed by atoms with Crippen LogP contribution < -0.4 is 10.2 Å². The molecule has 0 radical (unpaired) electrons. The number of nitrogens with zero attached hydrogens (tertiary/aromatic N) is 2. The number of carbonyl (C=O) groups is 5. The van der Waals surface area contributed by atoms with Gasteiger partial charge in [-0.15, -0.1) is 11.3 Å². The molecule has 0 saturated heterocycles. The van der Waals surface area contributed by atoms with E-state index >= 15 is 0 Å². The molecule has 4 amide bonds. The van der Waals surface area contributed by atoms with Crippen molar-refractivity contribution in [2.24, 2.45) is 0 Å². The number of benzene rings is 2. The molecule has 0 saturated carbocycles. The second kappa shape index (κ2) is 9.90. The molecule has 1 N–H and O–H groups in total. The first-order chi connectivity index (χ1) is 16.7. The molecule has 1 aliphatic heterocycles. The lowest BCUT2D eigenvalue weighted by Gasteiger charge is -2.16. The Morgan fingerprint density at radius 2 is 1.71 bits per heavy atom. The van der Waals surface area contributed by atoms with E-state index in [1.807, 2.05) is 17.5 Å². The minimum Gasteiger partial charge on any atom is -0.452 e. The zero-order valence-corrected chi connectivity index (χ0v) is 19.8. The van der Waals surface area contributed by atoms with Gasteiger partial charge in [0.2, 0.25) is 5.91 Å². The van der Waals surface area contributed by atoms with Crippen molar-refractivity contribution < 1.29 is 28.7 Å². The number of rotatable bonds is 7. The van der Waals surface area contributed by atoms with E-state index in [9.17, 15) is 24.0 Å². The normalized spacial score (nSPS) is 12.3. The van der Waals surface area contributed by atoms with Gasteiger partial charge in [-0.3, -0.25) is 19.2 Å². The van der Waals surface area contributed by atoms with E-state index in [1.165, 1.54) is 41.4 Å². The Morgan fingerprint density at radius 3 is 2.37 bits per heavy atom. The molecule has 35 heavy (non-hydrogen) atoms. The van der Waals surface area contributed by atoms with Crippen LogP contribution in [0.3, 0.4) is 0 Å². The van der Waals surface area contributed by atoms with Gasteiger partial charge < -0.3 is 15.0 Å². The van der Waals surface area contributed by atoms with Gasteiger partial charge in [-0.05, 0) is 53.9 Å². The summed E-state index contributed by atoms with van der Waals surface area (Å²) in [5, 5.41) is 4.53. The molecule has 2 aromatic carbocycles. The standard InChI is InChI=1S/C25H21N3O6S/c1-15(29)26-17-6-8-18(9-7-17)28-23(31)20-10-5-16(12-21(20)24(28)32)25(33)34-14-22(30)27(2)13-19-4-3-11-35-19/h3-12H,13-14H2,1-2H3,(H,26,29). The molecule has 0 atom stereocenters. The third kappa shape index (κ3) is 5.12. The van der Waals surface area contributed by atoms with E-state index in [0.29, 0.717) is 17.9 Å². The first-order valence-corrected chi connectivity index (χ1v) is 11.5. The molecule has 0 unspecified atom stereocenters. The van der Waals surface area contributed by atoms with Crippen molar-refractivity contribution in [2.45, 2.75) is 13.5 Å². The van der Waals surface area contributed by atoms with Gasteiger partial charge in [-0.1, -0.05) is 6.07 Å². The Morgan fingerprint density at radius 1 is 1.00 bits per heavy atom. The number of esters is 1. The molecule has 178 valence electrons. The zero-order valence-electron chi connectivity index (χ0n) is 18.9. The number of carbonyl (C=O) groups excluding carboxylic acids is 5. The molecule has 1 aromatic heterocycles. The van der Waals surface area contributed by atoms with Crippen molar-refractivity contribution in [3.63, 3.8) is 0 Å². The fourth-order valence-corrected chi connectivity index (χ4v) is 4.30. The lowest BCUT2D eigenvalue weighted by molar-refractivity contribution is -0.133. The van der Waals surface area contributed by atoms with Crippen LogP contribution in [0, 0.1) is 0 Å². The lowest BCUT2D eigenvalue weighted by atomic mass is 10.1. The minimum absolute atomic E-state index is 0.0569. The van der Waals surface area contributed by atoms with Gasteiger partial charge in [-0.2, -0.15) is 0 Å². The fraction of sp³-hybridized carbons (Fsp3) is 0.160. The molecule has 2 heterocycles. The van der Waals surface area contributed by atoms with Gasteiger partial charge >= 0.3 is 5.97 Å². The Kier molecular flexibility index (Phi) is 6.74. The van der Waals surface area contributed by atoms with E-state index in [0.717, 1.165) is 9.78 Å². The van der Waals surface area contributed by atoms with Crippen LogP contribution >= 0.6 is 11.3 Å². The molecule has 9 nitrogen and oxygen atoms in total. The number of amides is 4. The van der Waals surface area contributed by atoms with E-state index < -0.39 is 24.4 Å². The average Bonchev–Trinajstić information content (AvgIpc) is 3.43. The summed E-state index contributed by atoms with van der Waals surface area (Å²) >= 11 is 1.52. The SMILES string of the molecule is CC(=O)Nc1ccc(N2C(=O)c3ccc(C(=O)OCC(=O)N(C)Cc4cccs4)cc3C2=O)cc1. The van der Waals surface area contributed by atoms with Gasteiger partial charge in [0.15, 0.2) is 6.61 Å². The van der Waals surface area contributed by atoms with Crippen molar-refractivity contribution >= 4 is 52.3 Å². The van der Waals surface area contributed by atoms with Gasteiger partial charge in [0.25, 0.3) is 17.7 Å². The number of imide groups is 1. The number of thiophene rings is 1. The van der Waals surface area contributed by atoms with Crippen molar-refractivity contribution in [1.82, 2.24) is 4.90 Å². The quantitative estimate of drug-likeness (QED) is 0.401. The van der Waals surface area contributed by atoms with Crippen molar-refractivity contribution in [1.29, 1.82) is 0 Å². The first kappa shape index (κ1) is 23.8. The number of nitrogens with one attached hydrogen (secondary N) is 1. The molecule has 0 fully saturated rings. The average molecular weight is 492 g/mol. The van der Waals surface area contributed by atoms with Gasteiger partial charge in [0.05, 0.1) is 28.9 Å². The molecule has 1 aliphatic rings. The van der Waals surface area contributed by atoms with Gasteiger partial charge in [0.1, 0.15) is 0 Å². The monoisotopic (exact) mass is 491 g/mol. The lowest BCUT2D eigenvalue weighted by Crippen LogP contribution is -2.30. The summed E-state index contributed by atoms with van der Waals surface area (Å²) < 4.78 is 5.14. The fourth-order valence-electron chi connectivity index (χ4n) is 3.54. The van der Waals surface area contributed by atoms with Crippen LogP contribution in [0.5, 0.6) is 0 Å². The van der Waals surface area contributed by atoms with Crippen LogP contribution in [0.4, 0.5) is 11.4 Å². The third-order valence-electron chi connectivity index (χ3n) is 5.29. The number of hydrogen-bond acceptors (Lipinski definition) is 7. The molecule has 0 bridgehead atoms. The predicted molar refractivity (Wildman–Crippen MR) is 129 cm³/mol. The summed E-state index contributed by atoms with van der Waals surface area (Å²) in [6.45, 7) is 1.34. The van der Waals surface area contributed by atoms with E-state index in [2.05, 4.69) is 5.32 Å². The summed E-state index contributed by atoms with van der Waals surface area (Å²) in [4.78, 5) is 65.3. The number of ether oxygens (including phenoxy) is 1. The number of likely N-dealkylation sites (N-methyl/N-ethyl adjacent to an activating group) is 1. The Hall–Kier alpha value is -4.31. The highest BCUT2D eigenvalue weighted by Crippen LogP contribution is 2.30. The topological polar surface area (TPSA) is 113 Å². The first-order valence-electron chi connectivity index (χ1n) is 10.6. The zero-order chi connectivity index (χ0) is 25.1. The van der Waals surface area contributed by atoms with E-state index in [4.69, 9.17) is 4.74 Å². The highest BCUT2D eigenvalue weighted by Gasteiger charge is 2.37. The summed E-state index contributed by atoms with van der Waals surface area (Å²) in [5.41, 5.74) is 1.13. The van der Waals surface area contributed by atoms with Crippen LogP contribution in [0.25, 0.3) is 0 Å². The Bertz CT molecular complexity index is 1320. The van der Waals surface area contributed by atoms with Gasteiger partial charge in [-0.25, -0.2) is 9.69 Å².